The molecule has 1 aromatic rings. The summed E-state index contributed by atoms with van der Waals surface area (Å²) in [4.78, 5) is 16.9. The number of nitrogens with one attached hydrogen (secondary N) is 1. The van der Waals surface area contributed by atoms with Gasteiger partial charge in [0, 0.05) is 32.7 Å². The maximum absolute atomic E-state index is 12.6. The normalized spacial score (nSPS) is 23.0. The summed E-state index contributed by atoms with van der Waals surface area (Å²) >= 11 is 0. The van der Waals surface area contributed by atoms with E-state index in [0.717, 1.165) is 69.3 Å². The van der Waals surface area contributed by atoms with Gasteiger partial charge in [-0.2, -0.15) is 0 Å². The van der Waals surface area contributed by atoms with Crippen LogP contribution in [0.15, 0.2) is 18.2 Å². The van der Waals surface area contributed by atoms with Crippen LogP contribution in [-0.2, 0) is 4.74 Å². The van der Waals surface area contributed by atoms with Crippen molar-refractivity contribution < 1.29 is 19.0 Å². The Morgan fingerprint density at radius 2 is 2.00 bits per heavy atom. The topological polar surface area (TPSA) is 63.3 Å². The smallest absolute Gasteiger partial charge is 0.317 e. The Labute approximate surface area is 147 Å². The zero-order chi connectivity index (χ0) is 17.1. The third-order valence-electron chi connectivity index (χ3n) is 5.10. The first kappa shape index (κ1) is 16.5. The number of carbonyl (C=O) groups is 1. The van der Waals surface area contributed by atoms with Gasteiger partial charge in [-0.15, -0.1) is 0 Å². The van der Waals surface area contributed by atoms with Crippen molar-refractivity contribution in [1.82, 2.24) is 15.1 Å². The van der Waals surface area contributed by atoms with Crippen molar-refractivity contribution in [2.24, 2.45) is 0 Å². The van der Waals surface area contributed by atoms with Crippen molar-refractivity contribution in [3.05, 3.63) is 23.8 Å². The molecule has 2 fully saturated rings. The lowest BCUT2D eigenvalue weighted by molar-refractivity contribution is 0.0385. The second-order valence-electron chi connectivity index (χ2n) is 6.65. The van der Waals surface area contributed by atoms with Gasteiger partial charge in [0.1, 0.15) is 0 Å². The summed E-state index contributed by atoms with van der Waals surface area (Å²) in [7, 11) is 0. The van der Waals surface area contributed by atoms with Crippen LogP contribution < -0.4 is 14.8 Å². The Bertz CT molecular complexity index is 618. The predicted molar refractivity (Wildman–Crippen MR) is 91.9 cm³/mol. The van der Waals surface area contributed by atoms with Crippen molar-refractivity contribution >= 4 is 6.03 Å². The minimum atomic E-state index is 0.0217. The van der Waals surface area contributed by atoms with Crippen LogP contribution in [0.2, 0.25) is 0 Å². The number of hydrogen-bond donors (Lipinski definition) is 1. The Hall–Kier alpha value is -1.99. The monoisotopic (exact) mass is 347 g/mol. The van der Waals surface area contributed by atoms with Crippen LogP contribution in [0, 0.1) is 0 Å². The van der Waals surface area contributed by atoms with E-state index in [1.165, 1.54) is 0 Å². The number of carbonyl (C=O) groups excluding carboxylic acids is 1. The highest BCUT2D eigenvalue weighted by molar-refractivity contribution is 5.75. The van der Waals surface area contributed by atoms with Crippen LogP contribution in [-0.4, -0.2) is 68.6 Å². The van der Waals surface area contributed by atoms with E-state index >= 15 is 0 Å². The molecule has 1 atom stereocenters. The van der Waals surface area contributed by atoms with Crippen molar-refractivity contribution in [3.63, 3.8) is 0 Å². The van der Waals surface area contributed by atoms with Crippen LogP contribution in [0.1, 0.15) is 24.4 Å². The highest BCUT2D eigenvalue weighted by atomic mass is 16.7. The summed E-state index contributed by atoms with van der Waals surface area (Å²) in [5, 5.41) is 3.07. The van der Waals surface area contributed by atoms with Gasteiger partial charge in [0.15, 0.2) is 11.5 Å². The molecule has 0 aliphatic carbocycles. The fraction of sp³-hybridized carbons (Fsp3) is 0.611. The molecule has 3 aliphatic rings. The summed E-state index contributed by atoms with van der Waals surface area (Å²) in [6.45, 7) is 6.07. The fourth-order valence-electron chi connectivity index (χ4n) is 3.72. The molecule has 2 saturated heterocycles. The highest BCUT2D eigenvalue weighted by Crippen LogP contribution is 2.38. The van der Waals surface area contributed by atoms with E-state index in [9.17, 15) is 4.79 Å². The molecule has 7 nitrogen and oxygen atoms in total. The molecule has 3 heterocycles. The van der Waals surface area contributed by atoms with Gasteiger partial charge >= 0.3 is 6.03 Å². The molecule has 1 N–H and O–H groups in total. The number of fused-ring (bicyclic) bond motifs is 1. The van der Waals surface area contributed by atoms with Crippen LogP contribution in [0.5, 0.6) is 11.5 Å². The number of hydrogen-bond acceptors (Lipinski definition) is 5. The molecule has 25 heavy (non-hydrogen) atoms. The third kappa shape index (κ3) is 3.67. The van der Waals surface area contributed by atoms with Crippen LogP contribution >= 0.6 is 0 Å². The molecule has 136 valence electrons. The van der Waals surface area contributed by atoms with Crippen molar-refractivity contribution in [2.75, 3.05) is 52.7 Å². The molecule has 1 unspecified atom stereocenters. The summed E-state index contributed by atoms with van der Waals surface area (Å²) in [5.41, 5.74) is 1.12. The number of likely N-dealkylation sites (tertiary alicyclic amines) is 1. The number of nitrogens with zero attached hydrogens (tertiary/aromatic N) is 2. The summed E-state index contributed by atoms with van der Waals surface area (Å²) in [5.74, 6) is 1.56. The highest BCUT2D eigenvalue weighted by Gasteiger charge is 2.31. The molecule has 7 heteroatoms. The number of morpholine rings is 1. The SMILES string of the molecule is O=C(NCCN1CCOCC1)N1CCCC1c1ccc2c(c1)OCO2. The zero-order valence-corrected chi connectivity index (χ0v) is 14.4. The number of benzene rings is 1. The molecule has 0 radical (unpaired) electrons. The lowest BCUT2D eigenvalue weighted by atomic mass is 10.0. The third-order valence-corrected chi connectivity index (χ3v) is 5.10. The zero-order valence-electron chi connectivity index (χ0n) is 14.4. The van der Waals surface area contributed by atoms with E-state index in [2.05, 4.69) is 10.2 Å². The largest absolute Gasteiger partial charge is 0.454 e. The number of urea groups is 1. The van der Waals surface area contributed by atoms with Gasteiger partial charge in [0.25, 0.3) is 0 Å². The second-order valence-corrected chi connectivity index (χ2v) is 6.65. The van der Waals surface area contributed by atoms with Crippen LogP contribution in [0.4, 0.5) is 4.79 Å². The van der Waals surface area contributed by atoms with Crippen LogP contribution in [0.3, 0.4) is 0 Å². The Kier molecular flexibility index (Phi) is 4.94. The molecule has 2 amide bonds. The van der Waals surface area contributed by atoms with Gasteiger partial charge in [-0.05, 0) is 30.5 Å². The van der Waals surface area contributed by atoms with Crippen molar-refractivity contribution in [3.8, 4) is 11.5 Å². The van der Waals surface area contributed by atoms with Gasteiger partial charge in [0.05, 0.1) is 19.3 Å². The number of ether oxygens (including phenoxy) is 3. The molecule has 1 aromatic carbocycles. The van der Waals surface area contributed by atoms with E-state index in [0.29, 0.717) is 6.54 Å². The predicted octanol–water partition coefficient (Wildman–Crippen LogP) is 1.59. The molecule has 0 saturated carbocycles. The average Bonchev–Trinajstić information content (AvgIpc) is 3.31. The molecule has 3 aliphatic heterocycles. The lowest BCUT2D eigenvalue weighted by Crippen LogP contribution is -2.45. The van der Waals surface area contributed by atoms with Crippen molar-refractivity contribution in [1.29, 1.82) is 0 Å². The summed E-state index contributed by atoms with van der Waals surface area (Å²) in [6.07, 6.45) is 2.01. The van der Waals surface area contributed by atoms with Gasteiger partial charge in [-0.3, -0.25) is 4.90 Å². The molecule has 0 bridgehead atoms. The summed E-state index contributed by atoms with van der Waals surface area (Å²) in [6, 6.07) is 6.11. The molecular weight excluding hydrogens is 322 g/mol. The van der Waals surface area contributed by atoms with E-state index in [4.69, 9.17) is 14.2 Å². The molecule has 0 spiro atoms. The molecular formula is C18H25N3O4. The Balaban J connectivity index is 1.33. The van der Waals surface area contributed by atoms with E-state index < -0.39 is 0 Å². The minimum Gasteiger partial charge on any atom is -0.454 e. The standard InChI is InChI=1S/C18H25N3O4/c22-18(19-5-7-20-8-10-23-11-9-20)21-6-1-2-15(21)14-3-4-16-17(12-14)25-13-24-16/h3-4,12,15H,1-2,5-11,13H2,(H,19,22). The van der Waals surface area contributed by atoms with Crippen LogP contribution in [0.25, 0.3) is 0 Å². The maximum Gasteiger partial charge on any atom is 0.317 e. The summed E-state index contributed by atoms with van der Waals surface area (Å²) < 4.78 is 16.2. The maximum atomic E-state index is 12.6. The average molecular weight is 347 g/mol. The van der Waals surface area contributed by atoms with Gasteiger partial charge in [0.2, 0.25) is 6.79 Å². The number of rotatable bonds is 4. The second kappa shape index (κ2) is 7.49. The van der Waals surface area contributed by atoms with E-state index in [1.807, 2.05) is 23.1 Å². The van der Waals surface area contributed by atoms with Crippen molar-refractivity contribution in [2.45, 2.75) is 18.9 Å². The number of amides is 2. The van der Waals surface area contributed by atoms with E-state index in [1.54, 1.807) is 0 Å². The Morgan fingerprint density at radius 1 is 1.16 bits per heavy atom. The first-order valence-corrected chi connectivity index (χ1v) is 9.05. The van der Waals surface area contributed by atoms with Gasteiger partial charge in [-0.25, -0.2) is 4.79 Å². The van der Waals surface area contributed by atoms with E-state index in [-0.39, 0.29) is 18.9 Å². The Morgan fingerprint density at radius 3 is 2.88 bits per heavy atom. The molecule has 0 aromatic heterocycles. The lowest BCUT2D eigenvalue weighted by Gasteiger charge is -2.28. The van der Waals surface area contributed by atoms with Gasteiger partial charge in [-0.1, -0.05) is 6.07 Å². The quantitative estimate of drug-likeness (QED) is 0.896. The minimum absolute atomic E-state index is 0.0217. The molecule has 4 rings (SSSR count). The first-order valence-electron chi connectivity index (χ1n) is 9.05. The van der Waals surface area contributed by atoms with Gasteiger partial charge < -0.3 is 24.4 Å². The fourth-order valence-corrected chi connectivity index (χ4v) is 3.72. The first-order chi connectivity index (χ1) is 12.3.